The molecule has 0 radical (unpaired) electrons. The summed E-state index contributed by atoms with van der Waals surface area (Å²) < 4.78 is 5.51. The second-order valence-electron chi connectivity index (χ2n) is 4.70. The van der Waals surface area contributed by atoms with E-state index in [-0.39, 0.29) is 12.5 Å². The molecule has 1 amide bonds. The third-order valence-electron chi connectivity index (χ3n) is 3.11. The minimum absolute atomic E-state index is 0.0293. The smallest absolute Gasteiger partial charge is 0.260 e. The molecular weight excluding hydrogens is 226 g/mol. The summed E-state index contributed by atoms with van der Waals surface area (Å²) in [6.45, 7) is 7.12. The molecule has 1 aromatic rings. The van der Waals surface area contributed by atoms with Crippen molar-refractivity contribution in [3.05, 3.63) is 29.3 Å². The predicted octanol–water partition coefficient (Wildman–Crippen LogP) is 2.94. The van der Waals surface area contributed by atoms with Crippen LogP contribution in [0.2, 0.25) is 0 Å². The summed E-state index contributed by atoms with van der Waals surface area (Å²) in [5.74, 6) is 0.789. The number of benzene rings is 1. The van der Waals surface area contributed by atoms with Gasteiger partial charge in [0.25, 0.3) is 5.91 Å². The minimum atomic E-state index is 0.0293. The Bertz CT molecular complexity index is 401. The van der Waals surface area contributed by atoms with Gasteiger partial charge in [0.05, 0.1) is 0 Å². The van der Waals surface area contributed by atoms with Crippen LogP contribution in [0.15, 0.2) is 18.2 Å². The average molecular weight is 249 g/mol. The highest BCUT2D eigenvalue weighted by Crippen LogP contribution is 2.16. The number of aryl methyl sites for hydroxylation is 2. The van der Waals surface area contributed by atoms with Crippen molar-refractivity contribution in [1.82, 2.24) is 4.90 Å². The molecule has 0 saturated heterocycles. The van der Waals surface area contributed by atoms with E-state index in [0.717, 1.165) is 25.1 Å². The molecular formula is C15H23NO2. The summed E-state index contributed by atoms with van der Waals surface area (Å²) in [7, 11) is 1.82. The highest BCUT2D eigenvalue weighted by Gasteiger charge is 2.08. The predicted molar refractivity (Wildman–Crippen MR) is 74.0 cm³/mol. The van der Waals surface area contributed by atoms with Gasteiger partial charge in [-0.25, -0.2) is 0 Å². The topological polar surface area (TPSA) is 29.5 Å². The number of amides is 1. The molecule has 0 N–H and O–H groups in total. The average Bonchev–Trinajstić information content (AvgIpc) is 2.36. The van der Waals surface area contributed by atoms with Crippen LogP contribution in [-0.2, 0) is 4.79 Å². The Labute approximate surface area is 110 Å². The van der Waals surface area contributed by atoms with E-state index in [1.54, 1.807) is 4.90 Å². The van der Waals surface area contributed by atoms with E-state index in [1.165, 1.54) is 11.1 Å². The standard InChI is InChI=1S/C15H23NO2/c1-5-6-9-16(4)15(17)11-18-14-8-7-12(2)13(3)10-14/h7-8,10H,5-6,9,11H2,1-4H3. The molecule has 0 aliphatic heterocycles. The number of hydrogen-bond donors (Lipinski definition) is 0. The van der Waals surface area contributed by atoms with E-state index < -0.39 is 0 Å². The van der Waals surface area contributed by atoms with E-state index in [4.69, 9.17) is 4.74 Å². The molecule has 3 heteroatoms. The first kappa shape index (κ1) is 14.6. The summed E-state index contributed by atoms with van der Waals surface area (Å²) in [4.78, 5) is 13.5. The summed E-state index contributed by atoms with van der Waals surface area (Å²) >= 11 is 0. The van der Waals surface area contributed by atoms with Crippen molar-refractivity contribution in [3.63, 3.8) is 0 Å². The third kappa shape index (κ3) is 4.40. The maximum atomic E-state index is 11.8. The molecule has 0 aromatic heterocycles. The van der Waals surface area contributed by atoms with E-state index in [9.17, 15) is 4.79 Å². The zero-order valence-electron chi connectivity index (χ0n) is 11.8. The van der Waals surface area contributed by atoms with Gasteiger partial charge in [0.15, 0.2) is 6.61 Å². The van der Waals surface area contributed by atoms with E-state index >= 15 is 0 Å². The van der Waals surface area contributed by atoms with Gasteiger partial charge in [-0.15, -0.1) is 0 Å². The number of carbonyl (C=O) groups excluding carboxylic acids is 1. The van der Waals surface area contributed by atoms with Crippen LogP contribution in [0.25, 0.3) is 0 Å². The Morgan fingerprint density at radius 2 is 2.00 bits per heavy atom. The molecule has 0 unspecified atom stereocenters. The van der Waals surface area contributed by atoms with Crippen molar-refractivity contribution >= 4 is 5.91 Å². The van der Waals surface area contributed by atoms with Crippen molar-refractivity contribution in [3.8, 4) is 5.75 Å². The van der Waals surface area contributed by atoms with Gasteiger partial charge >= 0.3 is 0 Å². The molecule has 3 nitrogen and oxygen atoms in total. The zero-order valence-corrected chi connectivity index (χ0v) is 11.8. The van der Waals surface area contributed by atoms with Crippen LogP contribution in [-0.4, -0.2) is 31.0 Å². The van der Waals surface area contributed by atoms with Gasteiger partial charge in [-0.2, -0.15) is 0 Å². The van der Waals surface area contributed by atoms with Crippen LogP contribution >= 0.6 is 0 Å². The van der Waals surface area contributed by atoms with Gasteiger partial charge in [-0.05, 0) is 43.5 Å². The second-order valence-corrected chi connectivity index (χ2v) is 4.70. The second kappa shape index (κ2) is 7.04. The van der Waals surface area contributed by atoms with Gasteiger partial charge in [0.2, 0.25) is 0 Å². The van der Waals surface area contributed by atoms with Crippen LogP contribution in [0.5, 0.6) is 5.75 Å². The van der Waals surface area contributed by atoms with E-state index in [1.807, 2.05) is 32.2 Å². The van der Waals surface area contributed by atoms with Gasteiger partial charge in [-0.1, -0.05) is 19.4 Å². The molecule has 0 bridgehead atoms. The number of ether oxygens (including phenoxy) is 1. The first-order valence-corrected chi connectivity index (χ1v) is 6.48. The van der Waals surface area contributed by atoms with Crippen LogP contribution in [0.1, 0.15) is 30.9 Å². The first-order chi connectivity index (χ1) is 8.54. The van der Waals surface area contributed by atoms with E-state index in [0.29, 0.717) is 0 Å². The maximum Gasteiger partial charge on any atom is 0.260 e. The van der Waals surface area contributed by atoms with Crippen molar-refractivity contribution in [2.75, 3.05) is 20.2 Å². The molecule has 100 valence electrons. The zero-order chi connectivity index (χ0) is 13.5. The molecule has 1 aromatic carbocycles. The third-order valence-corrected chi connectivity index (χ3v) is 3.11. The van der Waals surface area contributed by atoms with E-state index in [2.05, 4.69) is 13.8 Å². The number of unbranched alkanes of at least 4 members (excludes halogenated alkanes) is 1. The lowest BCUT2D eigenvalue weighted by molar-refractivity contribution is -0.132. The summed E-state index contributed by atoms with van der Waals surface area (Å²) in [6, 6.07) is 5.88. The monoisotopic (exact) mass is 249 g/mol. The summed E-state index contributed by atoms with van der Waals surface area (Å²) in [6.07, 6.45) is 2.13. The Morgan fingerprint density at radius 1 is 1.28 bits per heavy atom. The maximum absolute atomic E-state index is 11.8. The molecule has 0 saturated carbocycles. The molecule has 0 spiro atoms. The lowest BCUT2D eigenvalue weighted by atomic mass is 10.1. The quantitative estimate of drug-likeness (QED) is 0.775. The number of carbonyl (C=O) groups is 1. The molecule has 0 aliphatic rings. The molecule has 0 aliphatic carbocycles. The molecule has 18 heavy (non-hydrogen) atoms. The van der Waals surface area contributed by atoms with Gasteiger partial charge in [0, 0.05) is 13.6 Å². The molecule has 0 atom stereocenters. The summed E-state index contributed by atoms with van der Waals surface area (Å²) in [5.41, 5.74) is 2.41. The van der Waals surface area contributed by atoms with Crippen molar-refractivity contribution in [1.29, 1.82) is 0 Å². The number of hydrogen-bond acceptors (Lipinski definition) is 2. The van der Waals surface area contributed by atoms with Crippen LogP contribution in [0, 0.1) is 13.8 Å². The fourth-order valence-electron chi connectivity index (χ4n) is 1.58. The normalized spacial score (nSPS) is 10.2. The Morgan fingerprint density at radius 3 is 2.61 bits per heavy atom. The lowest BCUT2D eigenvalue weighted by Crippen LogP contribution is -2.32. The SMILES string of the molecule is CCCCN(C)C(=O)COc1ccc(C)c(C)c1. The van der Waals surface area contributed by atoms with Crippen LogP contribution in [0.3, 0.4) is 0 Å². The Hall–Kier alpha value is -1.51. The number of rotatable bonds is 6. The van der Waals surface area contributed by atoms with Crippen molar-refractivity contribution in [2.24, 2.45) is 0 Å². The first-order valence-electron chi connectivity index (χ1n) is 6.48. The minimum Gasteiger partial charge on any atom is -0.484 e. The van der Waals surface area contributed by atoms with Crippen molar-refractivity contribution in [2.45, 2.75) is 33.6 Å². The van der Waals surface area contributed by atoms with Gasteiger partial charge in [0.1, 0.15) is 5.75 Å². The van der Waals surface area contributed by atoms with Crippen LogP contribution < -0.4 is 4.74 Å². The fraction of sp³-hybridized carbons (Fsp3) is 0.533. The Balaban J connectivity index is 2.44. The molecule has 0 heterocycles. The summed E-state index contributed by atoms with van der Waals surface area (Å²) in [5, 5.41) is 0. The van der Waals surface area contributed by atoms with Gasteiger partial charge in [-0.3, -0.25) is 4.79 Å². The largest absolute Gasteiger partial charge is 0.484 e. The Kier molecular flexibility index (Phi) is 5.69. The fourth-order valence-corrected chi connectivity index (χ4v) is 1.58. The molecule has 1 rings (SSSR count). The number of likely N-dealkylation sites (N-methyl/N-ethyl adjacent to an activating group) is 1. The highest BCUT2D eigenvalue weighted by atomic mass is 16.5. The molecule has 0 fully saturated rings. The number of nitrogens with zero attached hydrogens (tertiary/aromatic N) is 1. The van der Waals surface area contributed by atoms with Gasteiger partial charge < -0.3 is 9.64 Å². The van der Waals surface area contributed by atoms with Crippen molar-refractivity contribution < 1.29 is 9.53 Å². The van der Waals surface area contributed by atoms with Crippen LogP contribution in [0.4, 0.5) is 0 Å². The highest BCUT2D eigenvalue weighted by molar-refractivity contribution is 5.77. The lowest BCUT2D eigenvalue weighted by Gasteiger charge is -2.17.